The van der Waals surface area contributed by atoms with E-state index in [0.29, 0.717) is 54.2 Å². The highest BCUT2D eigenvalue weighted by molar-refractivity contribution is 6.34. The van der Waals surface area contributed by atoms with Crippen molar-refractivity contribution in [3.63, 3.8) is 0 Å². The van der Waals surface area contributed by atoms with E-state index in [2.05, 4.69) is 15.3 Å². The molecule has 3 atom stereocenters. The number of nitrogens with one attached hydrogen (secondary N) is 1. The smallest absolute Gasteiger partial charge is 0.411 e. The van der Waals surface area contributed by atoms with Crippen molar-refractivity contribution in [3.05, 3.63) is 76.6 Å². The van der Waals surface area contributed by atoms with Crippen LogP contribution in [-0.2, 0) is 27.2 Å². The van der Waals surface area contributed by atoms with Crippen molar-refractivity contribution in [2.75, 3.05) is 26.8 Å². The zero-order chi connectivity index (χ0) is 33.5. The van der Waals surface area contributed by atoms with Gasteiger partial charge in [0.05, 0.1) is 53.9 Å². The lowest BCUT2D eigenvalue weighted by Crippen LogP contribution is -2.55. The maximum Gasteiger partial charge on any atom is 0.411 e. The second-order valence-electron chi connectivity index (χ2n) is 13.2. The van der Waals surface area contributed by atoms with Gasteiger partial charge in [-0.1, -0.05) is 17.7 Å². The van der Waals surface area contributed by atoms with Gasteiger partial charge < -0.3 is 24.4 Å². The van der Waals surface area contributed by atoms with Gasteiger partial charge in [0.25, 0.3) is 5.91 Å². The lowest BCUT2D eigenvalue weighted by Gasteiger charge is -2.37. The quantitative estimate of drug-likeness (QED) is 0.413. The molecule has 6 rings (SSSR count). The molecule has 4 heterocycles. The summed E-state index contributed by atoms with van der Waals surface area (Å²) in [5, 5.41) is 3.23. The fourth-order valence-electron chi connectivity index (χ4n) is 6.50. The fraction of sp³-hybridized carbons (Fsp3) is 0.441. The molecule has 0 bridgehead atoms. The van der Waals surface area contributed by atoms with Crippen LogP contribution in [-0.4, -0.2) is 87.8 Å². The Hall–Kier alpha value is -4.29. The number of carbonyl (C=O) groups is 3. The van der Waals surface area contributed by atoms with Gasteiger partial charge in [-0.05, 0) is 63.1 Å². The van der Waals surface area contributed by atoms with E-state index in [9.17, 15) is 18.8 Å². The molecular formula is C34H37ClFN5O6. The highest BCUT2D eigenvalue weighted by atomic mass is 35.5. The molecule has 0 radical (unpaired) electrons. The lowest BCUT2D eigenvalue weighted by atomic mass is 9.96. The molecule has 47 heavy (non-hydrogen) atoms. The van der Waals surface area contributed by atoms with Gasteiger partial charge in [-0.3, -0.25) is 24.5 Å². The van der Waals surface area contributed by atoms with Crippen LogP contribution >= 0.6 is 11.6 Å². The molecule has 248 valence electrons. The maximum absolute atomic E-state index is 14.0. The molecule has 3 aromatic rings. The van der Waals surface area contributed by atoms with Crippen LogP contribution in [0.1, 0.15) is 55.4 Å². The van der Waals surface area contributed by atoms with E-state index in [1.165, 1.54) is 30.2 Å². The van der Waals surface area contributed by atoms with Crippen LogP contribution in [0.25, 0.3) is 11.1 Å². The van der Waals surface area contributed by atoms with Crippen LogP contribution in [0, 0.1) is 5.82 Å². The summed E-state index contributed by atoms with van der Waals surface area (Å²) in [6.45, 7) is 6.52. The summed E-state index contributed by atoms with van der Waals surface area (Å²) in [5.41, 5.74) is 1.37. The number of methoxy groups -OCH3 is 1. The minimum Gasteiger partial charge on any atom is -0.496 e. The predicted octanol–water partition coefficient (Wildman–Crippen LogP) is 4.80. The minimum atomic E-state index is -0.793. The van der Waals surface area contributed by atoms with Gasteiger partial charge in [-0.2, -0.15) is 0 Å². The van der Waals surface area contributed by atoms with Crippen LogP contribution in [0.2, 0.25) is 5.02 Å². The van der Waals surface area contributed by atoms with E-state index in [4.69, 9.17) is 25.8 Å². The standard InChI is InChI=1S/C34H37ClFN5O6/c1-33(2,3)47-32(44)41-17-27-26(37-10-11-38-27)15-28(41)31(43)40-12-9-34(19-40)16-22(18-46-34)39-30(42)23-7-5-20(13-25(23)35)24-14-21(36)6-8-29(24)45-4/h5-8,10-11,13-14,22,28H,9,12,15-19H2,1-4H3,(H,39,42). The number of halogens is 2. The third-order valence-electron chi connectivity index (χ3n) is 8.72. The Morgan fingerprint density at radius 3 is 2.60 bits per heavy atom. The van der Waals surface area contributed by atoms with Crippen molar-refractivity contribution in [1.29, 1.82) is 0 Å². The molecule has 3 amide bonds. The van der Waals surface area contributed by atoms with Crippen molar-refractivity contribution in [1.82, 2.24) is 25.1 Å². The third-order valence-corrected chi connectivity index (χ3v) is 9.03. The summed E-state index contributed by atoms with van der Waals surface area (Å²) in [7, 11) is 1.50. The number of hydrogen-bond donors (Lipinski definition) is 1. The number of fused-ring (bicyclic) bond motifs is 1. The Morgan fingerprint density at radius 2 is 1.87 bits per heavy atom. The van der Waals surface area contributed by atoms with Crippen LogP contribution in [0.3, 0.4) is 0 Å². The SMILES string of the molecule is COc1ccc(F)cc1-c1ccc(C(=O)NC2COC3(CCN(C(=O)C4Cc5nccnc5CN4C(=O)OC(C)(C)C)C3)C2)c(Cl)c1. The second kappa shape index (κ2) is 12.7. The number of likely N-dealkylation sites (tertiary alicyclic amines) is 1. The van der Waals surface area contributed by atoms with Crippen molar-refractivity contribution in [3.8, 4) is 16.9 Å². The molecule has 1 spiro atoms. The summed E-state index contributed by atoms with van der Waals surface area (Å²) in [6, 6.07) is 8.01. The van der Waals surface area contributed by atoms with Crippen molar-refractivity contribution >= 4 is 29.5 Å². The van der Waals surface area contributed by atoms with Crippen LogP contribution in [0.5, 0.6) is 5.75 Å². The van der Waals surface area contributed by atoms with E-state index in [1.807, 2.05) is 0 Å². The molecule has 3 unspecified atom stereocenters. The van der Waals surface area contributed by atoms with Crippen molar-refractivity contribution in [2.24, 2.45) is 0 Å². The summed E-state index contributed by atoms with van der Waals surface area (Å²) in [4.78, 5) is 52.4. The average Bonchev–Trinajstić information content (AvgIpc) is 3.64. The minimum absolute atomic E-state index is 0.122. The molecule has 2 saturated heterocycles. The molecule has 13 heteroatoms. The summed E-state index contributed by atoms with van der Waals surface area (Å²) in [6.07, 6.45) is 3.90. The molecule has 1 aromatic heterocycles. The Bertz CT molecular complexity index is 1720. The van der Waals surface area contributed by atoms with Crippen LogP contribution in [0.4, 0.5) is 9.18 Å². The first-order valence-corrected chi connectivity index (χ1v) is 15.9. The van der Waals surface area contributed by atoms with Crippen LogP contribution in [0.15, 0.2) is 48.8 Å². The molecule has 2 aromatic carbocycles. The second-order valence-corrected chi connectivity index (χ2v) is 13.6. The first-order chi connectivity index (χ1) is 22.3. The van der Waals surface area contributed by atoms with Gasteiger partial charge in [-0.15, -0.1) is 0 Å². The highest BCUT2D eigenvalue weighted by Crippen LogP contribution is 2.37. The number of carbonyl (C=O) groups excluding carboxylic acids is 3. The van der Waals surface area contributed by atoms with E-state index in [1.54, 1.807) is 56.3 Å². The van der Waals surface area contributed by atoms with E-state index < -0.39 is 29.2 Å². The normalized spacial score (nSPS) is 22.3. The zero-order valence-corrected chi connectivity index (χ0v) is 27.5. The van der Waals surface area contributed by atoms with Crippen LogP contribution < -0.4 is 10.1 Å². The predicted molar refractivity (Wildman–Crippen MR) is 170 cm³/mol. The number of benzene rings is 2. The molecule has 0 saturated carbocycles. The Balaban J connectivity index is 1.11. The first kappa shape index (κ1) is 32.6. The lowest BCUT2D eigenvalue weighted by molar-refractivity contribution is -0.137. The Labute approximate surface area is 277 Å². The zero-order valence-electron chi connectivity index (χ0n) is 26.7. The van der Waals surface area contributed by atoms with Gasteiger partial charge in [0.1, 0.15) is 23.2 Å². The topological polar surface area (TPSA) is 123 Å². The molecule has 1 N–H and O–H groups in total. The molecule has 3 aliphatic rings. The van der Waals surface area contributed by atoms with E-state index in [0.717, 1.165) is 0 Å². The average molecular weight is 666 g/mol. The van der Waals surface area contributed by atoms with E-state index >= 15 is 0 Å². The highest BCUT2D eigenvalue weighted by Gasteiger charge is 2.49. The van der Waals surface area contributed by atoms with Gasteiger partial charge in [0.2, 0.25) is 5.91 Å². The largest absolute Gasteiger partial charge is 0.496 e. The van der Waals surface area contributed by atoms with E-state index in [-0.39, 0.29) is 48.0 Å². The summed E-state index contributed by atoms with van der Waals surface area (Å²) < 4.78 is 31.2. The van der Waals surface area contributed by atoms with Crippen molar-refractivity contribution < 1.29 is 33.0 Å². The molecule has 3 aliphatic heterocycles. The first-order valence-electron chi connectivity index (χ1n) is 15.5. The molecule has 11 nitrogen and oxygen atoms in total. The number of ether oxygens (including phenoxy) is 3. The van der Waals surface area contributed by atoms with Gasteiger partial charge in [-0.25, -0.2) is 9.18 Å². The summed E-state index contributed by atoms with van der Waals surface area (Å²) >= 11 is 6.53. The number of nitrogens with zero attached hydrogens (tertiary/aromatic N) is 4. The Kier molecular flexibility index (Phi) is 8.84. The Morgan fingerprint density at radius 1 is 1.11 bits per heavy atom. The van der Waals surface area contributed by atoms with Gasteiger partial charge >= 0.3 is 6.09 Å². The molecular weight excluding hydrogens is 629 g/mol. The monoisotopic (exact) mass is 665 g/mol. The number of hydrogen-bond acceptors (Lipinski definition) is 8. The van der Waals surface area contributed by atoms with Gasteiger partial charge in [0.15, 0.2) is 0 Å². The molecule has 2 fully saturated rings. The number of aromatic nitrogens is 2. The van der Waals surface area contributed by atoms with Gasteiger partial charge in [0, 0.05) is 43.9 Å². The summed E-state index contributed by atoms with van der Waals surface area (Å²) in [5.74, 6) is -0.502. The molecule has 0 aliphatic carbocycles. The maximum atomic E-state index is 14.0. The third kappa shape index (κ3) is 6.89. The van der Waals surface area contributed by atoms with Crippen molar-refractivity contribution in [2.45, 2.75) is 69.9 Å². The fourth-order valence-corrected chi connectivity index (χ4v) is 6.76. The number of amides is 3. The number of rotatable bonds is 5.